The first-order chi connectivity index (χ1) is 15.4. The summed E-state index contributed by atoms with van der Waals surface area (Å²) in [4.78, 5) is 48.9. The Bertz CT molecular complexity index is 1120. The monoisotopic (exact) mass is 513 g/mol. The predicted molar refractivity (Wildman–Crippen MR) is 121 cm³/mol. The minimum absolute atomic E-state index is 0.0650. The first-order valence-corrected chi connectivity index (χ1v) is 12.5. The van der Waals surface area contributed by atoms with Crippen molar-refractivity contribution < 1.29 is 24.3 Å². The Hall–Kier alpha value is -2.69. The summed E-state index contributed by atoms with van der Waals surface area (Å²) in [7, 11) is 1.28. The number of aromatic nitrogens is 3. The second-order valence-electron chi connectivity index (χ2n) is 6.30. The Morgan fingerprint density at radius 1 is 1.50 bits per heavy atom. The molecule has 0 bridgehead atoms. The lowest BCUT2D eigenvalue weighted by molar-refractivity contribution is -0.150. The van der Waals surface area contributed by atoms with E-state index in [4.69, 9.17) is 10.6 Å². The van der Waals surface area contributed by atoms with Crippen LogP contribution in [0.3, 0.4) is 0 Å². The zero-order valence-corrected chi connectivity index (χ0v) is 19.5. The molecule has 2 aromatic rings. The average molecular weight is 514 g/mol. The zero-order chi connectivity index (χ0) is 22.8. The summed E-state index contributed by atoms with van der Waals surface area (Å²) in [6, 6.07) is -0.905. The zero-order valence-electron chi connectivity index (χ0n) is 16.3. The Morgan fingerprint density at radius 3 is 2.94 bits per heavy atom. The average Bonchev–Trinajstić information content (AvgIpc) is 3.45. The maximum Gasteiger partial charge on any atom is 0.353 e. The van der Waals surface area contributed by atoms with Crippen molar-refractivity contribution in [1.29, 1.82) is 0 Å². The number of oxime groups is 1. The highest BCUT2D eigenvalue weighted by atomic mass is 32.2. The second-order valence-corrected chi connectivity index (χ2v) is 10.2. The molecule has 0 unspecified atom stereocenters. The molecule has 2 atom stereocenters. The molecule has 32 heavy (non-hydrogen) atoms. The van der Waals surface area contributed by atoms with Crippen molar-refractivity contribution in [2.45, 2.75) is 17.2 Å². The number of carbonyl (C=O) groups is 3. The van der Waals surface area contributed by atoms with Crippen LogP contribution in [-0.2, 0) is 25.0 Å². The highest BCUT2D eigenvalue weighted by molar-refractivity contribution is 8.05. The predicted octanol–water partition coefficient (Wildman–Crippen LogP) is 0.557. The summed E-state index contributed by atoms with van der Waals surface area (Å²) in [6.07, 6.45) is 1.62. The van der Waals surface area contributed by atoms with Gasteiger partial charge in [0.05, 0.1) is 11.1 Å². The van der Waals surface area contributed by atoms with Crippen LogP contribution in [0.15, 0.2) is 27.3 Å². The van der Waals surface area contributed by atoms with Gasteiger partial charge in [0, 0.05) is 21.8 Å². The molecule has 1 fully saturated rings. The third-order valence-corrected chi connectivity index (χ3v) is 8.50. The molecule has 0 radical (unpaired) electrons. The van der Waals surface area contributed by atoms with Gasteiger partial charge in [-0.15, -0.1) is 40.0 Å². The number of carboxylic acids is 1. The number of carboxylic acid groups (broad SMARTS) is 1. The third kappa shape index (κ3) is 4.30. The molecule has 2 aromatic heterocycles. The van der Waals surface area contributed by atoms with Gasteiger partial charge in [-0.3, -0.25) is 14.5 Å². The molecule has 4 heterocycles. The highest BCUT2D eigenvalue weighted by Crippen LogP contribution is 2.44. The number of thioether (sulfide) groups is 2. The molecule has 168 valence electrons. The Morgan fingerprint density at radius 2 is 2.31 bits per heavy atom. The number of nitrogens with one attached hydrogen (secondary N) is 1. The van der Waals surface area contributed by atoms with Gasteiger partial charge in [0.2, 0.25) is 0 Å². The molecule has 4 rings (SSSR count). The lowest BCUT2D eigenvalue weighted by Gasteiger charge is -2.49. The normalized spacial score (nSPS) is 20.6. The van der Waals surface area contributed by atoms with Gasteiger partial charge in [-0.25, -0.2) is 9.78 Å². The first kappa shape index (κ1) is 22.5. The van der Waals surface area contributed by atoms with Gasteiger partial charge in [0.15, 0.2) is 10.8 Å². The maximum atomic E-state index is 12.8. The summed E-state index contributed by atoms with van der Waals surface area (Å²) in [5.41, 5.74) is 5.64. The number of rotatable bonds is 8. The van der Waals surface area contributed by atoms with E-state index in [0.717, 1.165) is 16.2 Å². The van der Waals surface area contributed by atoms with Gasteiger partial charge in [-0.1, -0.05) is 9.64 Å². The molecule has 12 nitrogen and oxygen atoms in total. The van der Waals surface area contributed by atoms with Crippen LogP contribution in [-0.4, -0.2) is 72.4 Å². The molecule has 4 N–H and O–H groups in total. The molecule has 16 heteroatoms. The Labute approximate surface area is 197 Å². The van der Waals surface area contributed by atoms with Crippen LogP contribution in [0.2, 0.25) is 0 Å². The van der Waals surface area contributed by atoms with E-state index >= 15 is 0 Å². The van der Waals surface area contributed by atoms with Crippen LogP contribution in [0.5, 0.6) is 0 Å². The highest BCUT2D eigenvalue weighted by Gasteiger charge is 2.54. The summed E-state index contributed by atoms with van der Waals surface area (Å²) in [6.45, 7) is 0. The molecule has 0 spiro atoms. The van der Waals surface area contributed by atoms with Crippen LogP contribution in [0.25, 0.3) is 0 Å². The van der Waals surface area contributed by atoms with Crippen molar-refractivity contribution in [3.05, 3.63) is 32.8 Å². The number of β-lactam (4-membered cyclic amide) rings is 1. The molecule has 2 amide bonds. The number of aliphatic carboxylic acids is 1. The molecular formula is C16H15N7O5S4. The number of thiazole rings is 1. The van der Waals surface area contributed by atoms with Gasteiger partial charge in [-0.05, 0) is 11.5 Å². The summed E-state index contributed by atoms with van der Waals surface area (Å²) >= 11 is 5.07. The fraction of sp³-hybridized carbons (Fsp3) is 0.312. The van der Waals surface area contributed by atoms with Crippen molar-refractivity contribution >= 4 is 75.0 Å². The van der Waals surface area contributed by atoms with Gasteiger partial charge in [-0.2, -0.15) is 0 Å². The largest absolute Gasteiger partial charge is 0.477 e. The van der Waals surface area contributed by atoms with Gasteiger partial charge < -0.3 is 21.0 Å². The van der Waals surface area contributed by atoms with Crippen molar-refractivity contribution in [3.63, 3.8) is 0 Å². The van der Waals surface area contributed by atoms with E-state index in [1.165, 1.54) is 47.1 Å². The van der Waals surface area contributed by atoms with Crippen LogP contribution in [0.1, 0.15) is 10.6 Å². The Balaban J connectivity index is 1.49. The van der Waals surface area contributed by atoms with Crippen molar-refractivity contribution in [3.8, 4) is 0 Å². The fourth-order valence-corrected chi connectivity index (χ4v) is 6.69. The number of anilines is 1. The van der Waals surface area contributed by atoms with E-state index < -0.39 is 29.2 Å². The first-order valence-electron chi connectivity index (χ1n) is 8.84. The number of amides is 2. The number of hydrogen-bond acceptors (Lipinski definition) is 13. The van der Waals surface area contributed by atoms with Crippen molar-refractivity contribution in [2.24, 2.45) is 5.16 Å². The smallest absolute Gasteiger partial charge is 0.353 e. The summed E-state index contributed by atoms with van der Waals surface area (Å²) in [5, 5.41) is 21.1. The number of carbonyl (C=O) groups excluding carboxylic acids is 2. The molecule has 0 saturated carbocycles. The minimum atomic E-state index is -1.20. The summed E-state index contributed by atoms with van der Waals surface area (Å²) in [5.74, 6) is -1.49. The van der Waals surface area contributed by atoms with Crippen molar-refractivity contribution in [2.75, 3.05) is 18.6 Å². The van der Waals surface area contributed by atoms with E-state index in [1.54, 1.807) is 11.6 Å². The Kier molecular flexibility index (Phi) is 6.63. The van der Waals surface area contributed by atoms with Crippen LogP contribution in [0, 0.1) is 0 Å². The number of hydrogen-bond donors (Lipinski definition) is 3. The van der Waals surface area contributed by atoms with E-state index in [-0.39, 0.29) is 22.2 Å². The fourth-order valence-electron chi connectivity index (χ4n) is 3.01. The molecule has 0 aliphatic carbocycles. The SMILES string of the molecule is CO/N=C(/C(=O)N[C@@H]1C(=O)N2C(C(=O)O)=C(SCc3cnns3)CS[C@H]12)c1csc(N)n1. The van der Waals surface area contributed by atoms with E-state index in [9.17, 15) is 19.5 Å². The molecule has 2 aliphatic rings. The van der Waals surface area contributed by atoms with E-state index in [1.807, 2.05) is 0 Å². The van der Waals surface area contributed by atoms with Crippen molar-refractivity contribution in [1.82, 2.24) is 24.8 Å². The maximum absolute atomic E-state index is 12.8. The number of nitrogens with two attached hydrogens (primary N) is 1. The van der Waals surface area contributed by atoms with E-state index in [0.29, 0.717) is 16.4 Å². The topological polar surface area (TPSA) is 173 Å². The number of fused-ring (bicyclic) bond motifs is 1. The lowest BCUT2D eigenvalue weighted by atomic mass is 10.0. The summed E-state index contributed by atoms with van der Waals surface area (Å²) < 4.78 is 3.79. The minimum Gasteiger partial charge on any atom is -0.477 e. The standard InChI is InChI=1S/C16H15N7O5S4/c1-28-21-9(7-4-31-16(17)19-7)12(24)20-10-13(25)23-11(15(26)27)8(5-30-14(10)23)29-3-6-2-18-22-32-6/h2,4,10,14H,3,5H2,1H3,(H2,17,19)(H,20,24)(H,26,27)/b21-9+/t10-,14-/m1/s1. The van der Waals surface area contributed by atoms with Gasteiger partial charge >= 0.3 is 5.97 Å². The molecule has 2 aliphatic heterocycles. The van der Waals surface area contributed by atoms with Gasteiger partial charge in [0.1, 0.15) is 29.9 Å². The number of nitrogens with zero attached hydrogens (tertiary/aromatic N) is 5. The van der Waals surface area contributed by atoms with Gasteiger partial charge in [0.25, 0.3) is 11.8 Å². The lowest BCUT2D eigenvalue weighted by Crippen LogP contribution is -2.71. The third-order valence-electron chi connectivity index (χ3n) is 4.38. The molecular weight excluding hydrogens is 498 g/mol. The molecule has 1 saturated heterocycles. The number of nitrogen functional groups attached to an aromatic ring is 1. The van der Waals surface area contributed by atoms with E-state index in [2.05, 4.69) is 25.0 Å². The van der Waals surface area contributed by atoms with Crippen LogP contribution < -0.4 is 11.1 Å². The quantitative estimate of drug-likeness (QED) is 0.256. The van der Waals surface area contributed by atoms with Crippen LogP contribution >= 0.6 is 46.4 Å². The second kappa shape index (κ2) is 9.43. The molecule has 0 aromatic carbocycles. The van der Waals surface area contributed by atoms with Crippen LogP contribution in [0.4, 0.5) is 5.13 Å².